The first-order valence-corrected chi connectivity index (χ1v) is 7.82. The minimum atomic E-state index is -1.48. The van der Waals surface area contributed by atoms with Crippen LogP contribution >= 0.6 is 0 Å². The van der Waals surface area contributed by atoms with Crippen molar-refractivity contribution in [1.29, 1.82) is 0 Å². The van der Waals surface area contributed by atoms with E-state index in [-0.39, 0.29) is 6.61 Å². The molecule has 1 aliphatic rings. The Hall–Kier alpha value is -0.850. The smallest absolute Gasteiger partial charge is 0.404 e. The Morgan fingerprint density at radius 1 is 1.00 bits per heavy atom. The number of ether oxygens (including phenoxy) is 2. The number of carbonyl (C=O) groups is 1. The average Bonchev–Trinajstić information content (AvgIpc) is 2.42. The summed E-state index contributed by atoms with van der Waals surface area (Å²) < 4.78 is 11.3. The average molecular weight is 317 g/mol. The van der Waals surface area contributed by atoms with E-state index in [9.17, 15) is 15.0 Å². The molecule has 0 spiro atoms. The fourth-order valence-electron chi connectivity index (χ4n) is 3.81. The van der Waals surface area contributed by atoms with E-state index < -0.39 is 33.9 Å². The maximum atomic E-state index is 11.3. The molecule has 0 aromatic heterocycles. The molecule has 1 amide bonds. The standard InChI is InChI=1S/C16H31NO5/c1-8-12(3)14(5,10-21-11(17)18)22-13(4,9-2)16(7,20)15(12,6)19/h19-20H,8-10H2,1-7H3,(H2,17,18). The summed E-state index contributed by atoms with van der Waals surface area (Å²) in [6.45, 7) is 12.3. The lowest BCUT2D eigenvalue weighted by molar-refractivity contribution is -0.388. The second-order valence-corrected chi connectivity index (χ2v) is 7.36. The van der Waals surface area contributed by atoms with Crippen molar-refractivity contribution in [3.63, 3.8) is 0 Å². The van der Waals surface area contributed by atoms with Crippen LogP contribution < -0.4 is 5.73 Å². The molecule has 0 radical (unpaired) electrons. The fourth-order valence-corrected chi connectivity index (χ4v) is 3.81. The Labute approximate surface area is 133 Å². The van der Waals surface area contributed by atoms with Crippen molar-refractivity contribution in [2.24, 2.45) is 11.1 Å². The normalized spacial score (nSPS) is 49.0. The van der Waals surface area contributed by atoms with Gasteiger partial charge in [-0.1, -0.05) is 20.8 Å². The number of amides is 1. The van der Waals surface area contributed by atoms with Crippen molar-refractivity contribution < 1.29 is 24.5 Å². The molecule has 22 heavy (non-hydrogen) atoms. The fraction of sp³-hybridized carbons (Fsp3) is 0.938. The Bertz CT molecular complexity index is 450. The molecule has 5 unspecified atom stereocenters. The van der Waals surface area contributed by atoms with Crippen molar-refractivity contribution >= 4 is 6.09 Å². The van der Waals surface area contributed by atoms with E-state index in [0.29, 0.717) is 12.8 Å². The molecule has 0 saturated carbocycles. The molecule has 0 aromatic rings. The first kappa shape index (κ1) is 19.2. The minimum absolute atomic E-state index is 0.0888. The minimum Gasteiger partial charge on any atom is -0.447 e. The van der Waals surface area contributed by atoms with Gasteiger partial charge < -0.3 is 25.4 Å². The van der Waals surface area contributed by atoms with Gasteiger partial charge in [-0.3, -0.25) is 0 Å². The molecule has 1 rings (SSSR count). The highest BCUT2D eigenvalue weighted by Gasteiger charge is 2.72. The van der Waals surface area contributed by atoms with Gasteiger partial charge in [-0.25, -0.2) is 4.79 Å². The SMILES string of the molecule is CCC1(C)OC(C)(COC(N)=O)C(C)(CC)C(C)(O)C1(C)O. The van der Waals surface area contributed by atoms with Gasteiger partial charge in [0.05, 0.1) is 5.60 Å². The number of hydrogen-bond acceptors (Lipinski definition) is 5. The number of nitrogens with two attached hydrogens (primary N) is 1. The van der Waals surface area contributed by atoms with Crippen molar-refractivity contribution in [1.82, 2.24) is 0 Å². The van der Waals surface area contributed by atoms with Gasteiger partial charge in [0, 0.05) is 5.41 Å². The summed E-state index contributed by atoms with van der Waals surface area (Å²) in [5.41, 5.74) is -0.700. The van der Waals surface area contributed by atoms with E-state index in [1.807, 2.05) is 20.8 Å². The zero-order valence-electron chi connectivity index (χ0n) is 14.8. The predicted molar refractivity (Wildman–Crippen MR) is 83.4 cm³/mol. The van der Waals surface area contributed by atoms with Crippen LogP contribution in [0.2, 0.25) is 0 Å². The van der Waals surface area contributed by atoms with Gasteiger partial charge in [-0.15, -0.1) is 0 Å². The van der Waals surface area contributed by atoms with E-state index >= 15 is 0 Å². The van der Waals surface area contributed by atoms with Crippen LogP contribution in [0.5, 0.6) is 0 Å². The van der Waals surface area contributed by atoms with Gasteiger partial charge in [-0.2, -0.15) is 0 Å². The molecule has 130 valence electrons. The van der Waals surface area contributed by atoms with Gasteiger partial charge >= 0.3 is 6.09 Å². The lowest BCUT2D eigenvalue weighted by Crippen LogP contribution is -2.81. The number of hydrogen-bond donors (Lipinski definition) is 3. The van der Waals surface area contributed by atoms with Gasteiger partial charge in [0.15, 0.2) is 0 Å². The van der Waals surface area contributed by atoms with Crippen LogP contribution in [0, 0.1) is 5.41 Å². The van der Waals surface area contributed by atoms with Gasteiger partial charge in [0.2, 0.25) is 0 Å². The maximum absolute atomic E-state index is 11.3. The topological polar surface area (TPSA) is 102 Å². The van der Waals surface area contributed by atoms with Gasteiger partial charge in [0.25, 0.3) is 0 Å². The summed E-state index contributed by atoms with van der Waals surface area (Å²) >= 11 is 0. The number of carbonyl (C=O) groups excluding carboxylic acids is 1. The van der Waals surface area contributed by atoms with E-state index in [2.05, 4.69) is 0 Å². The zero-order valence-corrected chi connectivity index (χ0v) is 14.8. The second-order valence-electron chi connectivity index (χ2n) is 7.36. The van der Waals surface area contributed by atoms with Crippen molar-refractivity contribution in [2.45, 2.75) is 83.7 Å². The summed E-state index contributed by atoms with van der Waals surface area (Å²) in [6, 6.07) is 0. The maximum Gasteiger partial charge on any atom is 0.404 e. The van der Waals surface area contributed by atoms with Crippen LogP contribution in [0.4, 0.5) is 4.79 Å². The third-order valence-corrected chi connectivity index (χ3v) is 6.54. The van der Waals surface area contributed by atoms with Crippen molar-refractivity contribution in [2.75, 3.05) is 6.61 Å². The molecule has 1 saturated heterocycles. The molecule has 4 N–H and O–H groups in total. The summed E-state index contributed by atoms with van der Waals surface area (Å²) in [5, 5.41) is 22.4. The Morgan fingerprint density at radius 3 is 1.86 bits per heavy atom. The Morgan fingerprint density at radius 2 is 1.50 bits per heavy atom. The molecule has 1 heterocycles. The van der Waals surface area contributed by atoms with Gasteiger partial charge in [0.1, 0.15) is 23.4 Å². The monoisotopic (exact) mass is 317 g/mol. The highest BCUT2D eigenvalue weighted by atomic mass is 16.6. The summed E-state index contributed by atoms with van der Waals surface area (Å²) in [7, 11) is 0. The molecular weight excluding hydrogens is 286 g/mol. The largest absolute Gasteiger partial charge is 0.447 e. The highest BCUT2D eigenvalue weighted by molar-refractivity contribution is 5.64. The molecule has 0 aromatic carbocycles. The van der Waals surface area contributed by atoms with E-state index in [0.717, 1.165) is 0 Å². The molecule has 0 aliphatic carbocycles. The van der Waals surface area contributed by atoms with Gasteiger partial charge in [-0.05, 0) is 40.5 Å². The molecule has 0 bridgehead atoms. The van der Waals surface area contributed by atoms with Crippen LogP contribution in [0.1, 0.15) is 61.3 Å². The van der Waals surface area contributed by atoms with E-state index in [1.54, 1.807) is 27.7 Å². The molecule has 6 nitrogen and oxygen atoms in total. The van der Waals surface area contributed by atoms with E-state index in [4.69, 9.17) is 15.2 Å². The van der Waals surface area contributed by atoms with Crippen molar-refractivity contribution in [3.8, 4) is 0 Å². The molecule has 1 fully saturated rings. The van der Waals surface area contributed by atoms with Crippen LogP contribution in [-0.2, 0) is 9.47 Å². The second kappa shape index (κ2) is 5.35. The third-order valence-electron chi connectivity index (χ3n) is 6.54. The lowest BCUT2D eigenvalue weighted by Gasteiger charge is -2.68. The quantitative estimate of drug-likeness (QED) is 0.735. The predicted octanol–water partition coefficient (Wildman–Crippen LogP) is 1.96. The van der Waals surface area contributed by atoms with Crippen LogP contribution in [0.3, 0.4) is 0 Å². The lowest BCUT2D eigenvalue weighted by atomic mass is 9.51. The number of rotatable bonds is 4. The van der Waals surface area contributed by atoms with Crippen LogP contribution in [0.25, 0.3) is 0 Å². The third kappa shape index (κ3) is 2.23. The van der Waals surface area contributed by atoms with Crippen LogP contribution in [-0.4, -0.2) is 45.3 Å². The van der Waals surface area contributed by atoms with E-state index in [1.165, 1.54) is 0 Å². The zero-order chi connectivity index (χ0) is 17.6. The molecule has 6 heteroatoms. The molecular formula is C16H31NO5. The summed E-state index contributed by atoms with van der Waals surface area (Å²) in [5.74, 6) is 0. The van der Waals surface area contributed by atoms with Crippen LogP contribution in [0.15, 0.2) is 0 Å². The Balaban J connectivity index is 3.48. The van der Waals surface area contributed by atoms with Crippen molar-refractivity contribution in [3.05, 3.63) is 0 Å². The summed E-state index contributed by atoms with van der Waals surface area (Å²) in [6.07, 6.45) is 0.120. The number of primary amides is 1. The first-order valence-electron chi connectivity index (χ1n) is 7.82. The summed E-state index contributed by atoms with van der Waals surface area (Å²) in [4.78, 5) is 11.0. The first-order chi connectivity index (χ1) is 9.74. The highest BCUT2D eigenvalue weighted by Crippen LogP contribution is 2.60. The molecule has 5 atom stereocenters. The molecule has 1 aliphatic heterocycles. The Kier molecular flexibility index (Phi) is 4.67. The number of aliphatic hydroxyl groups is 2.